The number of hydrogen-bond donors (Lipinski definition) is 1. The van der Waals surface area contributed by atoms with Crippen LogP contribution in [0.1, 0.15) is 0 Å². The molecule has 0 atom stereocenters. The molecule has 0 radical (unpaired) electrons. The van der Waals surface area contributed by atoms with Crippen LogP contribution in [-0.2, 0) is 10.7 Å². The second kappa shape index (κ2) is 4.45. The molecule has 82 valence electrons. The topological polar surface area (TPSA) is 34.1 Å². The van der Waals surface area contributed by atoms with E-state index in [2.05, 4.69) is 0 Å². The van der Waals surface area contributed by atoms with Crippen molar-refractivity contribution in [1.29, 1.82) is 0 Å². The number of benzene rings is 2. The Bertz CT molecular complexity index is 583. The summed E-state index contributed by atoms with van der Waals surface area (Å²) < 4.78 is 35.6. The van der Waals surface area contributed by atoms with Crippen molar-refractivity contribution < 1.29 is 12.8 Å². The fraction of sp³-hybridized carbons (Fsp3) is 0. The minimum Gasteiger partial charge on any atom is -0.227 e. The molecule has 0 spiro atoms. The van der Waals surface area contributed by atoms with Crippen molar-refractivity contribution in [3.05, 3.63) is 54.3 Å². The van der Waals surface area contributed by atoms with Gasteiger partial charge in [-0.25, -0.2) is 12.8 Å². The summed E-state index contributed by atoms with van der Waals surface area (Å²) in [4.78, 5) is 0.141. The fourth-order valence-electron chi connectivity index (χ4n) is 1.54. The van der Waals surface area contributed by atoms with Crippen LogP contribution in [0.2, 0.25) is 0 Å². The molecule has 0 aliphatic heterocycles. The molecule has 2 nitrogen and oxygen atoms in total. The zero-order valence-electron chi connectivity index (χ0n) is 8.26. The first-order chi connectivity index (χ1) is 7.70. The van der Waals surface area contributed by atoms with E-state index < -0.39 is 16.5 Å². The van der Waals surface area contributed by atoms with Gasteiger partial charge in [-0.2, -0.15) is 0 Å². The summed E-state index contributed by atoms with van der Waals surface area (Å²) in [5.74, 6) is -0.424. The summed E-state index contributed by atoms with van der Waals surface area (Å²) in [6.45, 7) is 0. The summed E-state index contributed by atoms with van der Waals surface area (Å²) in [5.41, 5.74) is 0.703. The summed E-state index contributed by atoms with van der Waals surface area (Å²) in [7, 11) is -2.72. The highest BCUT2D eigenvalue weighted by Crippen LogP contribution is 2.26. The SMILES string of the molecule is O=[SH](=O)c1ccccc1-c1ccccc1F. The van der Waals surface area contributed by atoms with Gasteiger partial charge in [-0.3, -0.25) is 0 Å². The first-order valence-electron chi connectivity index (χ1n) is 4.68. The largest absolute Gasteiger partial charge is 0.227 e. The predicted molar refractivity (Wildman–Crippen MR) is 60.4 cm³/mol. The Morgan fingerprint density at radius 1 is 0.812 bits per heavy atom. The first kappa shape index (κ1) is 10.8. The first-order valence-corrected chi connectivity index (χ1v) is 5.86. The molecule has 2 aromatic carbocycles. The lowest BCUT2D eigenvalue weighted by atomic mass is 10.1. The van der Waals surface area contributed by atoms with Crippen molar-refractivity contribution in [2.45, 2.75) is 4.90 Å². The zero-order chi connectivity index (χ0) is 11.5. The van der Waals surface area contributed by atoms with Crippen molar-refractivity contribution in [3.8, 4) is 11.1 Å². The molecule has 2 rings (SSSR count). The van der Waals surface area contributed by atoms with Gasteiger partial charge in [-0.15, -0.1) is 0 Å². The average molecular weight is 236 g/mol. The van der Waals surface area contributed by atoms with E-state index in [1.165, 1.54) is 12.1 Å². The lowest BCUT2D eigenvalue weighted by Crippen LogP contribution is -1.89. The minimum absolute atomic E-state index is 0.141. The third-order valence-corrected chi connectivity index (χ3v) is 3.05. The van der Waals surface area contributed by atoms with Crippen LogP contribution in [-0.4, -0.2) is 8.42 Å². The molecule has 0 aliphatic rings. The second-order valence-corrected chi connectivity index (χ2v) is 4.25. The molecule has 0 saturated carbocycles. The molecule has 0 unspecified atom stereocenters. The Morgan fingerprint density at radius 3 is 2.00 bits per heavy atom. The van der Waals surface area contributed by atoms with Crippen LogP contribution in [0.25, 0.3) is 11.1 Å². The normalized spacial score (nSPS) is 10.6. The lowest BCUT2D eigenvalue weighted by Gasteiger charge is -2.05. The quantitative estimate of drug-likeness (QED) is 0.813. The fourth-order valence-corrected chi connectivity index (χ4v) is 2.14. The van der Waals surface area contributed by atoms with Gasteiger partial charge in [-0.05, 0) is 12.1 Å². The van der Waals surface area contributed by atoms with E-state index >= 15 is 0 Å². The standard InChI is InChI=1S/C12H9FO2S/c13-11-7-3-1-5-9(11)10-6-2-4-8-12(10)16(14)15/h1-8,16H. The third-order valence-electron chi connectivity index (χ3n) is 2.26. The maximum atomic E-state index is 13.5. The third kappa shape index (κ3) is 1.97. The van der Waals surface area contributed by atoms with Crippen LogP contribution in [0.5, 0.6) is 0 Å². The number of thiol groups is 1. The van der Waals surface area contributed by atoms with Gasteiger partial charge >= 0.3 is 0 Å². The van der Waals surface area contributed by atoms with Crippen LogP contribution in [0.3, 0.4) is 0 Å². The average Bonchev–Trinajstić information content (AvgIpc) is 2.29. The molecule has 4 heteroatoms. The van der Waals surface area contributed by atoms with Crippen molar-refractivity contribution in [2.24, 2.45) is 0 Å². The maximum Gasteiger partial charge on any atom is 0.168 e. The van der Waals surface area contributed by atoms with E-state index in [4.69, 9.17) is 0 Å². The summed E-state index contributed by atoms with van der Waals surface area (Å²) in [6.07, 6.45) is 0. The van der Waals surface area contributed by atoms with E-state index in [0.717, 1.165) is 0 Å². The molecule has 0 aromatic heterocycles. The van der Waals surface area contributed by atoms with Crippen molar-refractivity contribution in [1.82, 2.24) is 0 Å². The van der Waals surface area contributed by atoms with Gasteiger partial charge in [0.15, 0.2) is 10.7 Å². The van der Waals surface area contributed by atoms with Gasteiger partial charge in [0.25, 0.3) is 0 Å². The van der Waals surface area contributed by atoms with Crippen LogP contribution in [0, 0.1) is 5.82 Å². The highest BCUT2D eigenvalue weighted by atomic mass is 32.2. The molecular weight excluding hydrogens is 227 g/mol. The Kier molecular flexibility index (Phi) is 3.01. The van der Waals surface area contributed by atoms with Crippen LogP contribution in [0.4, 0.5) is 4.39 Å². The molecule has 0 aliphatic carbocycles. The molecule has 0 amide bonds. The maximum absolute atomic E-state index is 13.5. The Balaban J connectivity index is 2.70. The summed E-state index contributed by atoms with van der Waals surface area (Å²) in [6, 6.07) is 12.5. The molecule has 2 aromatic rings. The highest BCUT2D eigenvalue weighted by molar-refractivity contribution is 7.72. The highest BCUT2D eigenvalue weighted by Gasteiger charge is 2.09. The lowest BCUT2D eigenvalue weighted by molar-refractivity contribution is 0.614. The van der Waals surface area contributed by atoms with Gasteiger partial charge in [-0.1, -0.05) is 36.4 Å². The van der Waals surface area contributed by atoms with E-state index in [0.29, 0.717) is 11.1 Å². The van der Waals surface area contributed by atoms with Crippen LogP contribution in [0.15, 0.2) is 53.4 Å². The van der Waals surface area contributed by atoms with Crippen molar-refractivity contribution in [2.75, 3.05) is 0 Å². The molecule has 0 saturated heterocycles. The number of hydrogen-bond acceptors (Lipinski definition) is 2. The van der Waals surface area contributed by atoms with Crippen molar-refractivity contribution >= 4 is 10.7 Å². The predicted octanol–water partition coefficient (Wildman–Crippen LogP) is 2.46. The smallest absolute Gasteiger partial charge is 0.168 e. The second-order valence-electron chi connectivity index (χ2n) is 3.25. The molecule has 16 heavy (non-hydrogen) atoms. The van der Waals surface area contributed by atoms with Crippen LogP contribution < -0.4 is 0 Å². The Hall–Kier alpha value is -1.68. The van der Waals surface area contributed by atoms with E-state index in [1.807, 2.05) is 0 Å². The summed E-state index contributed by atoms with van der Waals surface area (Å²) in [5, 5.41) is 0. The van der Waals surface area contributed by atoms with E-state index in [1.54, 1.807) is 36.4 Å². The van der Waals surface area contributed by atoms with Gasteiger partial charge < -0.3 is 0 Å². The summed E-state index contributed by atoms with van der Waals surface area (Å²) >= 11 is 0. The van der Waals surface area contributed by atoms with Gasteiger partial charge in [0.2, 0.25) is 0 Å². The monoisotopic (exact) mass is 236 g/mol. The molecule has 0 N–H and O–H groups in total. The Morgan fingerprint density at radius 2 is 1.38 bits per heavy atom. The van der Waals surface area contributed by atoms with Crippen LogP contribution >= 0.6 is 0 Å². The number of rotatable bonds is 2. The Labute approximate surface area is 94.3 Å². The molecule has 0 bridgehead atoms. The van der Waals surface area contributed by atoms with Crippen molar-refractivity contribution in [3.63, 3.8) is 0 Å². The van der Waals surface area contributed by atoms with E-state index in [-0.39, 0.29) is 4.90 Å². The number of halogens is 1. The molecular formula is C12H9FO2S. The van der Waals surface area contributed by atoms with E-state index in [9.17, 15) is 12.8 Å². The molecule has 0 fully saturated rings. The minimum atomic E-state index is -2.72. The zero-order valence-corrected chi connectivity index (χ0v) is 9.15. The van der Waals surface area contributed by atoms with Gasteiger partial charge in [0.05, 0.1) is 4.90 Å². The van der Waals surface area contributed by atoms with Gasteiger partial charge in [0, 0.05) is 11.1 Å². The molecule has 0 heterocycles. The van der Waals surface area contributed by atoms with Gasteiger partial charge in [0.1, 0.15) is 5.82 Å².